The number of carbonyl (C=O) groups excluding carboxylic acids is 1. The number of nitrogens with two attached hydrogens (primary N) is 1. The lowest BCUT2D eigenvalue weighted by molar-refractivity contribution is -0.149. The number of nitrogens with zero attached hydrogens (tertiary/aromatic N) is 1. The Morgan fingerprint density at radius 1 is 1.25 bits per heavy atom. The fraction of sp³-hybridized carbons (Fsp3) is 0.588. The van der Waals surface area contributed by atoms with E-state index < -0.39 is 23.5 Å². The fourth-order valence-electron chi connectivity index (χ4n) is 3.73. The van der Waals surface area contributed by atoms with Gasteiger partial charge in [-0.1, -0.05) is 0 Å². The lowest BCUT2D eigenvalue weighted by Gasteiger charge is -2.55. The standard InChI is InChI=1S/C17H22F3N3O/c18-13-9-15(20)14(19)7-11(13)6-12(21)8-16(24)23-5-3-17(23)2-1-4-22-10-17/h7,9,12,22H,1-6,8,10,21H2/t12-,17?/m1/s1. The lowest BCUT2D eigenvalue weighted by Crippen LogP contribution is -2.68. The molecule has 1 aromatic carbocycles. The largest absolute Gasteiger partial charge is 0.336 e. The van der Waals surface area contributed by atoms with Gasteiger partial charge in [-0.25, -0.2) is 13.2 Å². The molecule has 7 heteroatoms. The summed E-state index contributed by atoms with van der Waals surface area (Å²) >= 11 is 0. The van der Waals surface area contributed by atoms with E-state index in [1.807, 2.05) is 4.90 Å². The molecule has 3 N–H and O–H groups in total. The van der Waals surface area contributed by atoms with Crippen LogP contribution in [0.2, 0.25) is 0 Å². The van der Waals surface area contributed by atoms with Crippen molar-refractivity contribution in [3.05, 3.63) is 35.1 Å². The van der Waals surface area contributed by atoms with Crippen molar-refractivity contribution < 1.29 is 18.0 Å². The normalized spacial score (nSPS) is 24.8. The van der Waals surface area contributed by atoms with Gasteiger partial charge >= 0.3 is 0 Å². The van der Waals surface area contributed by atoms with Crippen molar-refractivity contribution in [3.63, 3.8) is 0 Å². The SMILES string of the molecule is N[C@@H](CC(=O)N1CCC12CCCNC2)Cc1cc(F)c(F)cc1F. The third kappa shape index (κ3) is 3.28. The van der Waals surface area contributed by atoms with Crippen LogP contribution >= 0.6 is 0 Å². The molecule has 3 rings (SSSR count). The van der Waals surface area contributed by atoms with Crippen molar-refractivity contribution >= 4 is 5.91 Å². The van der Waals surface area contributed by atoms with Gasteiger partial charge in [0.2, 0.25) is 5.91 Å². The summed E-state index contributed by atoms with van der Waals surface area (Å²) in [6.07, 6.45) is 3.07. The van der Waals surface area contributed by atoms with Gasteiger partial charge in [-0.3, -0.25) is 4.79 Å². The molecule has 0 saturated carbocycles. The summed E-state index contributed by atoms with van der Waals surface area (Å²) in [5.41, 5.74) is 5.85. The molecule has 1 unspecified atom stereocenters. The maximum atomic E-state index is 13.7. The molecule has 2 saturated heterocycles. The summed E-state index contributed by atoms with van der Waals surface area (Å²) in [6, 6.07) is 0.689. The zero-order chi connectivity index (χ0) is 17.3. The minimum absolute atomic E-state index is 0.00609. The highest BCUT2D eigenvalue weighted by Gasteiger charge is 2.47. The number of rotatable bonds is 4. The number of carbonyl (C=O) groups is 1. The molecule has 0 bridgehead atoms. The molecule has 2 fully saturated rings. The minimum Gasteiger partial charge on any atom is -0.336 e. The van der Waals surface area contributed by atoms with Crippen LogP contribution in [0.3, 0.4) is 0 Å². The smallest absolute Gasteiger partial charge is 0.224 e. The highest BCUT2D eigenvalue weighted by Crippen LogP contribution is 2.36. The van der Waals surface area contributed by atoms with Crippen LogP contribution < -0.4 is 11.1 Å². The Balaban J connectivity index is 1.60. The van der Waals surface area contributed by atoms with Gasteiger partial charge in [-0.15, -0.1) is 0 Å². The Hall–Kier alpha value is -1.60. The fourth-order valence-corrected chi connectivity index (χ4v) is 3.73. The van der Waals surface area contributed by atoms with Crippen LogP contribution in [0.15, 0.2) is 12.1 Å². The summed E-state index contributed by atoms with van der Waals surface area (Å²) in [7, 11) is 0. The van der Waals surface area contributed by atoms with E-state index in [-0.39, 0.29) is 29.9 Å². The molecule has 2 aliphatic rings. The van der Waals surface area contributed by atoms with Gasteiger partial charge in [0.1, 0.15) is 5.82 Å². The quantitative estimate of drug-likeness (QED) is 0.820. The monoisotopic (exact) mass is 341 g/mol. The number of halogens is 3. The summed E-state index contributed by atoms with van der Waals surface area (Å²) in [6.45, 7) is 2.48. The highest BCUT2D eigenvalue weighted by atomic mass is 19.2. The number of hydrogen-bond donors (Lipinski definition) is 2. The van der Waals surface area contributed by atoms with Crippen LogP contribution in [0.1, 0.15) is 31.2 Å². The zero-order valence-corrected chi connectivity index (χ0v) is 13.5. The van der Waals surface area contributed by atoms with Crippen LogP contribution in [-0.4, -0.2) is 42.0 Å². The molecule has 0 aliphatic carbocycles. The molecule has 4 nitrogen and oxygen atoms in total. The number of benzene rings is 1. The van der Waals surface area contributed by atoms with Crippen LogP contribution in [-0.2, 0) is 11.2 Å². The minimum atomic E-state index is -1.23. The van der Waals surface area contributed by atoms with Crippen LogP contribution in [0.25, 0.3) is 0 Å². The highest BCUT2D eigenvalue weighted by molar-refractivity contribution is 5.78. The molecule has 0 radical (unpaired) electrons. The van der Waals surface area contributed by atoms with Gasteiger partial charge in [0.15, 0.2) is 11.6 Å². The van der Waals surface area contributed by atoms with Gasteiger partial charge < -0.3 is 16.0 Å². The van der Waals surface area contributed by atoms with Gasteiger partial charge in [0, 0.05) is 31.6 Å². The van der Waals surface area contributed by atoms with Crippen LogP contribution in [0, 0.1) is 17.5 Å². The van der Waals surface area contributed by atoms with Crippen molar-refractivity contribution in [1.82, 2.24) is 10.2 Å². The van der Waals surface area contributed by atoms with Crippen molar-refractivity contribution in [3.8, 4) is 0 Å². The van der Waals surface area contributed by atoms with E-state index >= 15 is 0 Å². The molecular formula is C17H22F3N3O. The second kappa shape index (κ2) is 6.72. The van der Waals surface area contributed by atoms with E-state index in [1.165, 1.54) is 0 Å². The number of piperidine rings is 1. The number of hydrogen-bond acceptors (Lipinski definition) is 3. The van der Waals surface area contributed by atoms with Crippen molar-refractivity contribution in [1.29, 1.82) is 0 Å². The molecule has 1 spiro atoms. The Morgan fingerprint density at radius 3 is 2.62 bits per heavy atom. The van der Waals surface area contributed by atoms with Gasteiger partial charge in [0.05, 0.1) is 5.54 Å². The lowest BCUT2D eigenvalue weighted by atomic mass is 9.78. The molecule has 132 valence electrons. The third-order valence-corrected chi connectivity index (χ3v) is 5.13. The van der Waals surface area contributed by atoms with Crippen LogP contribution in [0.4, 0.5) is 13.2 Å². The molecule has 2 heterocycles. The van der Waals surface area contributed by atoms with E-state index in [9.17, 15) is 18.0 Å². The maximum Gasteiger partial charge on any atom is 0.224 e. The maximum absolute atomic E-state index is 13.7. The van der Waals surface area contributed by atoms with Crippen LogP contribution in [0.5, 0.6) is 0 Å². The van der Waals surface area contributed by atoms with E-state index in [1.54, 1.807) is 0 Å². The Labute approximate surface area is 139 Å². The molecule has 2 atom stereocenters. The van der Waals surface area contributed by atoms with Gasteiger partial charge in [-0.2, -0.15) is 0 Å². The van der Waals surface area contributed by atoms with Gasteiger partial charge in [0.25, 0.3) is 0 Å². The number of amides is 1. The van der Waals surface area contributed by atoms with Crippen molar-refractivity contribution in [2.45, 2.75) is 43.7 Å². The average Bonchev–Trinajstić information content (AvgIpc) is 2.52. The molecular weight excluding hydrogens is 319 g/mol. The predicted molar refractivity (Wildman–Crippen MR) is 83.8 cm³/mol. The number of nitrogens with one attached hydrogen (secondary N) is 1. The van der Waals surface area contributed by atoms with E-state index in [0.29, 0.717) is 12.6 Å². The zero-order valence-electron chi connectivity index (χ0n) is 13.5. The molecule has 1 aromatic rings. The summed E-state index contributed by atoms with van der Waals surface area (Å²) < 4.78 is 39.9. The number of likely N-dealkylation sites (tertiary alicyclic amines) is 1. The van der Waals surface area contributed by atoms with Gasteiger partial charge in [-0.05, 0) is 43.9 Å². The first-order valence-corrected chi connectivity index (χ1v) is 8.31. The van der Waals surface area contributed by atoms with Crippen molar-refractivity contribution in [2.24, 2.45) is 5.73 Å². The summed E-state index contributed by atoms with van der Waals surface area (Å²) in [5.74, 6) is -3.23. The van der Waals surface area contributed by atoms with E-state index in [2.05, 4.69) is 5.32 Å². The second-order valence-electron chi connectivity index (χ2n) is 6.83. The molecule has 24 heavy (non-hydrogen) atoms. The molecule has 1 amide bonds. The Kier molecular flexibility index (Phi) is 4.83. The topological polar surface area (TPSA) is 58.4 Å². The van der Waals surface area contributed by atoms with E-state index in [4.69, 9.17) is 5.73 Å². The Morgan fingerprint density at radius 2 is 2.00 bits per heavy atom. The predicted octanol–water partition coefficient (Wildman–Crippen LogP) is 1.72. The molecule has 2 aliphatic heterocycles. The molecule has 0 aromatic heterocycles. The van der Waals surface area contributed by atoms with E-state index in [0.717, 1.165) is 38.4 Å². The summed E-state index contributed by atoms with van der Waals surface area (Å²) in [4.78, 5) is 14.4. The second-order valence-corrected chi connectivity index (χ2v) is 6.83. The third-order valence-electron chi connectivity index (χ3n) is 5.13. The first kappa shape index (κ1) is 17.2. The first-order chi connectivity index (χ1) is 11.4. The first-order valence-electron chi connectivity index (χ1n) is 8.31. The Bertz CT molecular complexity index is 632. The van der Waals surface area contributed by atoms with Crippen molar-refractivity contribution in [2.75, 3.05) is 19.6 Å². The summed E-state index contributed by atoms with van der Waals surface area (Å²) in [5, 5.41) is 3.32. The average molecular weight is 341 g/mol.